The van der Waals surface area contributed by atoms with Crippen LogP contribution in [0.4, 0.5) is 19.4 Å². The van der Waals surface area contributed by atoms with Crippen LogP contribution in [0.5, 0.6) is 0 Å². The van der Waals surface area contributed by atoms with Crippen molar-refractivity contribution >= 4 is 20.2 Å². The first-order valence-electron chi connectivity index (χ1n) is 10.3. The molecule has 1 fully saturated rings. The minimum Gasteiger partial charge on any atom is -0.444 e. The van der Waals surface area contributed by atoms with E-state index < -0.39 is 50.1 Å². The largest absolute Gasteiger partial charge is 0.444 e. The number of halogens is 2. The Morgan fingerprint density at radius 3 is 2.41 bits per heavy atom. The summed E-state index contributed by atoms with van der Waals surface area (Å²) in [6, 6.07) is 1.16. The minimum absolute atomic E-state index is 0.156. The van der Waals surface area contributed by atoms with Crippen molar-refractivity contribution in [3.8, 4) is 0 Å². The molecule has 1 aliphatic rings. The second kappa shape index (κ2) is 8.80. The van der Waals surface area contributed by atoms with Gasteiger partial charge in [-0.15, -0.1) is 0 Å². The van der Waals surface area contributed by atoms with Crippen molar-refractivity contribution in [3.05, 3.63) is 22.7 Å². The molecule has 2 rings (SSSR count). The SMILES string of the molecule is CC(C)(C)OC(=O)Nc1ccn([C@@H]2O[C@H](CO[Si](C)(C)C(C)(C)C)C(O)C2(F)F)c(=O)n1. The fourth-order valence-electron chi connectivity index (χ4n) is 2.68. The van der Waals surface area contributed by atoms with Gasteiger partial charge in [-0.2, -0.15) is 13.8 Å². The molecule has 0 aliphatic carbocycles. The van der Waals surface area contributed by atoms with Crippen LogP contribution in [-0.2, 0) is 13.9 Å². The summed E-state index contributed by atoms with van der Waals surface area (Å²) in [7, 11) is -2.27. The van der Waals surface area contributed by atoms with Crippen molar-refractivity contribution in [2.45, 2.75) is 89.6 Å². The fraction of sp³-hybridized carbons (Fsp3) is 0.750. The van der Waals surface area contributed by atoms with E-state index in [1.807, 2.05) is 33.9 Å². The predicted molar refractivity (Wildman–Crippen MR) is 116 cm³/mol. The van der Waals surface area contributed by atoms with Gasteiger partial charge in [0.1, 0.15) is 17.5 Å². The van der Waals surface area contributed by atoms with Crippen LogP contribution in [-0.4, -0.2) is 59.4 Å². The van der Waals surface area contributed by atoms with Crippen LogP contribution >= 0.6 is 0 Å². The second-order valence-corrected chi connectivity index (χ2v) is 15.2. The van der Waals surface area contributed by atoms with Gasteiger partial charge in [0.05, 0.1) is 6.61 Å². The average molecular weight is 478 g/mol. The molecule has 182 valence electrons. The van der Waals surface area contributed by atoms with Gasteiger partial charge in [-0.25, -0.2) is 9.59 Å². The number of ether oxygens (including phenoxy) is 2. The van der Waals surface area contributed by atoms with E-state index in [2.05, 4.69) is 10.3 Å². The lowest BCUT2D eigenvalue weighted by molar-refractivity contribution is -0.140. The van der Waals surface area contributed by atoms with Gasteiger partial charge in [-0.1, -0.05) is 20.8 Å². The van der Waals surface area contributed by atoms with Crippen LogP contribution in [0.3, 0.4) is 0 Å². The molecule has 1 unspecified atom stereocenters. The molecule has 0 bridgehead atoms. The van der Waals surface area contributed by atoms with Gasteiger partial charge in [-0.05, 0) is 45.0 Å². The molecule has 0 radical (unpaired) electrons. The maximum Gasteiger partial charge on any atom is 0.413 e. The van der Waals surface area contributed by atoms with E-state index >= 15 is 0 Å². The van der Waals surface area contributed by atoms with E-state index in [0.717, 1.165) is 12.3 Å². The number of aliphatic hydroxyl groups is 1. The zero-order chi connectivity index (χ0) is 24.7. The summed E-state index contributed by atoms with van der Waals surface area (Å²) in [6.45, 7) is 14.7. The normalized spacial score (nSPS) is 23.8. The summed E-state index contributed by atoms with van der Waals surface area (Å²) in [6.07, 6.45) is -5.38. The zero-order valence-corrected chi connectivity index (χ0v) is 20.7. The maximum atomic E-state index is 14.8. The molecule has 32 heavy (non-hydrogen) atoms. The van der Waals surface area contributed by atoms with Gasteiger partial charge in [-0.3, -0.25) is 9.88 Å². The molecule has 0 spiro atoms. The molecule has 1 aliphatic heterocycles. The van der Waals surface area contributed by atoms with Crippen molar-refractivity contribution in [2.75, 3.05) is 11.9 Å². The van der Waals surface area contributed by atoms with Gasteiger partial charge in [0.15, 0.2) is 14.4 Å². The summed E-state index contributed by atoms with van der Waals surface area (Å²) >= 11 is 0. The number of carbonyl (C=O) groups excluding carboxylic acids is 1. The molecule has 1 saturated heterocycles. The third kappa shape index (κ3) is 5.91. The van der Waals surface area contributed by atoms with E-state index in [9.17, 15) is 23.5 Å². The van der Waals surface area contributed by atoms with Crippen LogP contribution in [0, 0.1) is 0 Å². The lowest BCUT2D eigenvalue weighted by Crippen LogP contribution is -2.45. The standard InChI is InChI=1S/C20H33F2N3O6Si/c1-18(2,3)31-17(28)24-13-9-10-25(16(27)23-13)15-20(21,22)14(26)12(30-15)11-29-32(7,8)19(4,5)6/h9-10,12,14-15,26H,11H2,1-8H3,(H,23,24,27,28)/t12-,14?,15-/m1/s1. The molecule has 1 amide bonds. The number of hydrogen-bond acceptors (Lipinski definition) is 7. The van der Waals surface area contributed by atoms with Crippen LogP contribution < -0.4 is 11.0 Å². The highest BCUT2D eigenvalue weighted by Crippen LogP contribution is 2.43. The highest BCUT2D eigenvalue weighted by atomic mass is 28.4. The number of rotatable bonds is 5. The molecule has 0 aromatic carbocycles. The minimum atomic E-state index is -3.76. The van der Waals surface area contributed by atoms with Gasteiger partial charge >= 0.3 is 17.7 Å². The first-order valence-corrected chi connectivity index (χ1v) is 13.2. The molecule has 1 aromatic heterocycles. The van der Waals surface area contributed by atoms with Crippen molar-refractivity contribution in [1.82, 2.24) is 9.55 Å². The lowest BCUT2D eigenvalue weighted by atomic mass is 10.1. The van der Waals surface area contributed by atoms with Crippen LogP contribution in [0.1, 0.15) is 47.8 Å². The van der Waals surface area contributed by atoms with Crippen molar-refractivity contribution in [3.63, 3.8) is 0 Å². The van der Waals surface area contributed by atoms with Crippen molar-refractivity contribution in [1.29, 1.82) is 0 Å². The van der Waals surface area contributed by atoms with Crippen molar-refractivity contribution < 1.29 is 32.6 Å². The summed E-state index contributed by atoms with van der Waals surface area (Å²) in [5.74, 6) is -3.92. The van der Waals surface area contributed by atoms with Crippen LogP contribution in [0.2, 0.25) is 18.1 Å². The molecule has 0 saturated carbocycles. The number of nitrogens with zero attached hydrogens (tertiary/aromatic N) is 2. The quantitative estimate of drug-likeness (QED) is 0.624. The highest BCUT2D eigenvalue weighted by Gasteiger charge is 2.60. The highest BCUT2D eigenvalue weighted by molar-refractivity contribution is 6.74. The van der Waals surface area contributed by atoms with Crippen molar-refractivity contribution in [2.24, 2.45) is 0 Å². The molecule has 12 heteroatoms. The number of aliphatic hydroxyl groups excluding tert-OH is 1. The molecular weight excluding hydrogens is 444 g/mol. The number of anilines is 1. The third-order valence-corrected chi connectivity index (χ3v) is 10.0. The summed E-state index contributed by atoms with van der Waals surface area (Å²) in [5.41, 5.74) is -1.85. The summed E-state index contributed by atoms with van der Waals surface area (Å²) in [4.78, 5) is 27.8. The number of hydrogen-bond donors (Lipinski definition) is 2. The Kier molecular flexibility index (Phi) is 7.25. The summed E-state index contributed by atoms with van der Waals surface area (Å²) < 4.78 is 46.5. The topological polar surface area (TPSA) is 112 Å². The number of nitrogens with one attached hydrogen (secondary N) is 1. The Bertz CT molecular complexity index is 895. The Hall–Kier alpha value is -1.89. The molecule has 2 N–H and O–H groups in total. The lowest BCUT2D eigenvalue weighted by Gasteiger charge is -2.37. The van der Waals surface area contributed by atoms with Gasteiger partial charge in [0.2, 0.25) is 6.23 Å². The van der Waals surface area contributed by atoms with E-state index in [1.165, 1.54) is 0 Å². The third-order valence-electron chi connectivity index (χ3n) is 5.51. The Morgan fingerprint density at radius 2 is 1.91 bits per heavy atom. The predicted octanol–water partition coefficient (Wildman–Crippen LogP) is 3.51. The fourth-order valence-corrected chi connectivity index (χ4v) is 3.70. The number of aromatic nitrogens is 2. The van der Waals surface area contributed by atoms with E-state index in [4.69, 9.17) is 13.9 Å². The first kappa shape index (κ1) is 26.4. The Balaban J connectivity index is 2.17. The number of amides is 1. The Labute approximate surface area is 187 Å². The molecular formula is C20H33F2N3O6Si. The van der Waals surface area contributed by atoms with E-state index in [1.54, 1.807) is 20.8 Å². The first-order chi connectivity index (χ1) is 14.3. The van der Waals surface area contributed by atoms with E-state index in [-0.39, 0.29) is 17.5 Å². The second-order valence-electron chi connectivity index (χ2n) is 10.3. The van der Waals surface area contributed by atoms with E-state index in [0.29, 0.717) is 4.57 Å². The van der Waals surface area contributed by atoms with Crippen LogP contribution in [0.25, 0.3) is 0 Å². The molecule has 9 nitrogen and oxygen atoms in total. The van der Waals surface area contributed by atoms with Gasteiger partial charge < -0.3 is 19.0 Å². The average Bonchev–Trinajstić information content (AvgIpc) is 2.81. The molecule has 3 atom stereocenters. The number of alkyl halides is 2. The number of carbonyl (C=O) groups is 1. The molecule has 2 heterocycles. The summed E-state index contributed by atoms with van der Waals surface area (Å²) in [5, 5.41) is 12.3. The van der Waals surface area contributed by atoms with Gasteiger partial charge in [0, 0.05) is 6.20 Å². The molecule has 1 aromatic rings. The monoisotopic (exact) mass is 477 g/mol. The zero-order valence-electron chi connectivity index (χ0n) is 19.7. The Morgan fingerprint density at radius 1 is 1.31 bits per heavy atom. The van der Waals surface area contributed by atoms with Gasteiger partial charge in [0.25, 0.3) is 0 Å². The smallest absolute Gasteiger partial charge is 0.413 e. The van der Waals surface area contributed by atoms with Crippen LogP contribution in [0.15, 0.2) is 17.1 Å². The maximum absolute atomic E-state index is 14.8.